The minimum atomic E-state index is -4.53. The van der Waals surface area contributed by atoms with Gasteiger partial charge in [-0.3, -0.25) is 4.68 Å². The highest BCUT2D eigenvalue weighted by Gasteiger charge is 2.59. The smallest absolute Gasteiger partial charge is 0.383 e. The Bertz CT molecular complexity index is 919. The number of pyridine rings is 1. The third kappa shape index (κ3) is 3.12. The van der Waals surface area contributed by atoms with Gasteiger partial charge >= 0.3 is 6.18 Å². The molecular weight excluding hydrogens is 379 g/mol. The first-order valence-corrected chi connectivity index (χ1v) is 10.4. The zero-order valence-electron chi connectivity index (χ0n) is 16.7. The average molecular weight is 405 g/mol. The van der Waals surface area contributed by atoms with Crippen LogP contribution in [0.5, 0.6) is 0 Å². The fourth-order valence-corrected chi connectivity index (χ4v) is 5.31. The van der Waals surface area contributed by atoms with Gasteiger partial charge in [0.1, 0.15) is 5.82 Å². The van der Waals surface area contributed by atoms with E-state index >= 15 is 0 Å². The van der Waals surface area contributed by atoms with Gasteiger partial charge in [0.15, 0.2) is 0 Å². The number of alkyl halides is 3. The van der Waals surface area contributed by atoms with Crippen molar-refractivity contribution in [2.24, 2.45) is 11.8 Å². The molecule has 29 heavy (non-hydrogen) atoms. The predicted molar refractivity (Wildman–Crippen MR) is 104 cm³/mol. The lowest BCUT2D eigenvalue weighted by atomic mass is 10.00. The monoisotopic (exact) mass is 405 g/mol. The number of nitrogens with two attached hydrogens (primary N) is 1. The van der Waals surface area contributed by atoms with E-state index in [0.717, 1.165) is 17.8 Å². The number of rotatable bonds is 4. The summed E-state index contributed by atoms with van der Waals surface area (Å²) in [5.74, 6) is 1.33. The minimum Gasteiger partial charge on any atom is -0.383 e. The van der Waals surface area contributed by atoms with Crippen molar-refractivity contribution in [3.63, 3.8) is 0 Å². The van der Waals surface area contributed by atoms with Gasteiger partial charge in [-0.25, -0.2) is 4.98 Å². The Morgan fingerprint density at radius 2 is 1.83 bits per heavy atom. The molecule has 5 rings (SSSR count). The van der Waals surface area contributed by atoms with Crippen LogP contribution in [0.25, 0.3) is 11.3 Å². The van der Waals surface area contributed by atoms with Gasteiger partial charge in [-0.15, -0.1) is 0 Å². The quantitative estimate of drug-likeness (QED) is 0.823. The van der Waals surface area contributed by atoms with Gasteiger partial charge in [-0.2, -0.15) is 18.3 Å². The largest absolute Gasteiger partial charge is 0.419 e. The molecule has 2 aromatic heterocycles. The Labute approximate surface area is 168 Å². The third-order valence-electron chi connectivity index (χ3n) is 6.94. The van der Waals surface area contributed by atoms with Crippen LogP contribution < -0.4 is 5.73 Å². The number of nitrogens with zero attached hydrogens (tertiary/aromatic N) is 4. The molecule has 5 nitrogen and oxygen atoms in total. The van der Waals surface area contributed by atoms with E-state index in [4.69, 9.17) is 5.73 Å². The van der Waals surface area contributed by atoms with Crippen molar-refractivity contribution in [2.45, 2.75) is 57.3 Å². The standard InChI is InChI=1S/C21H26F3N5/c1-11(2)29-18(19-14-7-13(8-15(14)19)28-4-3-5-28)9-17(27-29)12-6-16(21(22,23)24)20(25)26-10-12/h6,9-11,13-15,19H,3-5,7-8H2,1-2H3,(H2,25,26)/t13?,14-,15+,19?. The normalized spacial score (nSPS) is 29.2. The summed E-state index contributed by atoms with van der Waals surface area (Å²) in [5, 5.41) is 4.66. The Hall–Kier alpha value is -2.09. The molecule has 2 saturated carbocycles. The Kier molecular flexibility index (Phi) is 4.21. The molecule has 0 aromatic carbocycles. The van der Waals surface area contributed by atoms with Crippen molar-refractivity contribution in [1.82, 2.24) is 19.7 Å². The van der Waals surface area contributed by atoms with E-state index in [1.807, 2.05) is 10.7 Å². The summed E-state index contributed by atoms with van der Waals surface area (Å²) in [6.07, 6.45) is 0.629. The van der Waals surface area contributed by atoms with Crippen LogP contribution in [0, 0.1) is 11.8 Å². The van der Waals surface area contributed by atoms with Crippen LogP contribution in [-0.4, -0.2) is 38.8 Å². The van der Waals surface area contributed by atoms with E-state index < -0.39 is 17.6 Å². The molecule has 2 aliphatic carbocycles. The van der Waals surface area contributed by atoms with Crippen LogP contribution in [-0.2, 0) is 6.18 Å². The van der Waals surface area contributed by atoms with Gasteiger partial charge in [0.2, 0.25) is 0 Å². The molecule has 0 spiro atoms. The molecule has 1 aliphatic heterocycles. The second-order valence-corrected chi connectivity index (χ2v) is 9.02. The molecule has 8 heteroatoms. The molecule has 1 saturated heterocycles. The summed E-state index contributed by atoms with van der Waals surface area (Å²) in [7, 11) is 0. The first kappa shape index (κ1) is 18.9. The molecule has 0 radical (unpaired) electrons. The zero-order chi connectivity index (χ0) is 20.5. The van der Waals surface area contributed by atoms with E-state index in [1.165, 1.54) is 38.5 Å². The van der Waals surface area contributed by atoms with Crippen molar-refractivity contribution in [2.75, 3.05) is 18.8 Å². The molecule has 156 valence electrons. The van der Waals surface area contributed by atoms with Crippen molar-refractivity contribution >= 4 is 5.82 Å². The van der Waals surface area contributed by atoms with Crippen molar-refractivity contribution in [3.8, 4) is 11.3 Å². The van der Waals surface area contributed by atoms with Crippen molar-refractivity contribution in [1.29, 1.82) is 0 Å². The van der Waals surface area contributed by atoms with Crippen molar-refractivity contribution < 1.29 is 13.2 Å². The molecule has 3 fully saturated rings. The highest BCUT2D eigenvalue weighted by atomic mass is 19.4. The van der Waals surface area contributed by atoms with Gasteiger partial charge in [0, 0.05) is 35.5 Å². The summed E-state index contributed by atoms with van der Waals surface area (Å²) in [4.78, 5) is 6.36. The van der Waals surface area contributed by atoms with E-state index in [2.05, 4.69) is 28.8 Å². The summed E-state index contributed by atoms with van der Waals surface area (Å²) >= 11 is 0. The second kappa shape index (κ2) is 6.45. The Morgan fingerprint density at radius 1 is 1.14 bits per heavy atom. The predicted octanol–water partition coefficient (Wildman–Crippen LogP) is 4.32. The van der Waals surface area contributed by atoms with Crippen LogP contribution >= 0.6 is 0 Å². The molecule has 0 bridgehead atoms. The molecule has 2 unspecified atom stereocenters. The van der Waals surface area contributed by atoms with Crippen LogP contribution in [0.1, 0.15) is 56.3 Å². The molecule has 4 atom stereocenters. The third-order valence-corrected chi connectivity index (χ3v) is 6.94. The molecule has 2 N–H and O–H groups in total. The van der Waals surface area contributed by atoms with Crippen LogP contribution in [0.3, 0.4) is 0 Å². The first-order valence-electron chi connectivity index (χ1n) is 10.4. The summed E-state index contributed by atoms with van der Waals surface area (Å²) < 4.78 is 41.7. The van der Waals surface area contributed by atoms with E-state index in [-0.39, 0.29) is 6.04 Å². The maximum Gasteiger partial charge on any atom is 0.419 e. The molecule has 3 heterocycles. The molecule has 0 amide bonds. The Morgan fingerprint density at radius 3 is 2.38 bits per heavy atom. The summed E-state index contributed by atoms with van der Waals surface area (Å²) in [6.45, 7) is 6.58. The van der Waals surface area contributed by atoms with Crippen molar-refractivity contribution in [3.05, 3.63) is 29.6 Å². The number of hydrogen-bond donors (Lipinski definition) is 1. The van der Waals surface area contributed by atoms with Gasteiger partial charge in [0.05, 0.1) is 11.3 Å². The lowest BCUT2D eigenvalue weighted by molar-refractivity contribution is -0.137. The van der Waals surface area contributed by atoms with Crippen LogP contribution in [0.15, 0.2) is 18.3 Å². The van der Waals surface area contributed by atoms with E-state index in [9.17, 15) is 13.2 Å². The zero-order valence-corrected chi connectivity index (χ0v) is 16.7. The van der Waals surface area contributed by atoms with Gasteiger partial charge < -0.3 is 10.6 Å². The van der Waals surface area contributed by atoms with Gasteiger partial charge in [-0.05, 0) is 70.2 Å². The summed E-state index contributed by atoms with van der Waals surface area (Å²) in [5.41, 5.74) is 6.59. The lowest BCUT2D eigenvalue weighted by Crippen LogP contribution is -2.44. The minimum absolute atomic E-state index is 0.148. The topological polar surface area (TPSA) is 60.0 Å². The molecular formula is C21H26F3N5. The lowest BCUT2D eigenvalue weighted by Gasteiger charge is -2.37. The number of nitrogen functional groups attached to an aromatic ring is 1. The first-order chi connectivity index (χ1) is 13.7. The summed E-state index contributed by atoms with van der Waals surface area (Å²) in [6, 6.07) is 3.90. The Balaban J connectivity index is 1.43. The maximum atomic E-state index is 13.2. The van der Waals surface area contributed by atoms with E-state index in [0.29, 0.717) is 29.0 Å². The highest BCUT2D eigenvalue weighted by molar-refractivity contribution is 5.63. The highest BCUT2D eigenvalue weighted by Crippen LogP contribution is 2.64. The number of hydrogen-bond acceptors (Lipinski definition) is 4. The fourth-order valence-electron chi connectivity index (χ4n) is 5.31. The van der Waals surface area contributed by atoms with Crippen LogP contribution in [0.2, 0.25) is 0 Å². The number of aromatic nitrogens is 3. The van der Waals surface area contributed by atoms with Gasteiger partial charge in [-0.1, -0.05) is 0 Å². The number of halogens is 3. The average Bonchev–Trinajstić information content (AvgIpc) is 2.96. The number of fused-ring (bicyclic) bond motifs is 1. The maximum absolute atomic E-state index is 13.2. The second-order valence-electron chi connectivity index (χ2n) is 9.02. The SMILES string of the molecule is CC(C)n1nc(-c2cnc(N)c(C(F)(F)F)c2)cc1C1[C@H]2CC(N3CCC3)C[C@@H]12. The number of likely N-dealkylation sites (tertiary alicyclic amines) is 1. The fraction of sp³-hybridized carbons (Fsp3) is 0.619. The van der Waals surface area contributed by atoms with Crippen LogP contribution in [0.4, 0.5) is 19.0 Å². The van der Waals surface area contributed by atoms with E-state index in [1.54, 1.807) is 0 Å². The molecule has 2 aromatic rings. The van der Waals surface area contributed by atoms with Gasteiger partial charge in [0.25, 0.3) is 0 Å². The number of anilines is 1. The molecule has 3 aliphatic rings.